The fourth-order valence-corrected chi connectivity index (χ4v) is 2.37. The third-order valence-corrected chi connectivity index (χ3v) is 3.38. The Balaban J connectivity index is 1.96. The Hall–Kier alpha value is -0.570. The summed E-state index contributed by atoms with van der Waals surface area (Å²) in [4.78, 5) is 11.5. The van der Waals surface area contributed by atoms with Crippen LogP contribution in [0.15, 0.2) is 0 Å². The van der Waals surface area contributed by atoms with Crippen LogP contribution in [0.5, 0.6) is 0 Å². The molecule has 1 aliphatic carbocycles. The van der Waals surface area contributed by atoms with Crippen molar-refractivity contribution < 1.29 is 4.79 Å². The Bertz CT molecular complexity index is 188. The summed E-state index contributed by atoms with van der Waals surface area (Å²) in [5.74, 6) is 1.04. The minimum Gasteiger partial charge on any atom is -0.355 e. The summed E-state index contributed by atoms with van der Waals surface area (Å²) in [6.45, 7) is 4.69. The van der Waals surface area contributed by atoms with E-state index in [1.54, 1.807) is 0 Å². The van der Waals surface area contributed by atoms with Gasteiger partial charge in [0.25, 0.3) is 0 Å². The van der Waals surface area contributed by atoms with Crippen LogP contribution in [-0.4, -0.2) is 25.5 Å². The van der Waals surface area contributed by atoms with Gasteiger partial charge < -0.3 is 10.6 Å². The minimum absolute atomic E-state index is 0.225. The summed E-state index contributed by atoms with van der Waals surface area (Å²) in [5.41, 5.74) is 0. The van der Waals surface area contributed by atoms with E-state index in [0.29, 0.717) is 0 Å². The van der Waals surface area contributed by atoms with Gasteiger partial charge in [-0.3, -0.25) is 4.79 Å². The van der Waals surface area contributed by atoms with Crippen LogP contribution >= 0.6 is 0 Å². The second-order valence-corrected chi connectivity index (χ2v) is 4.75. The first-order chi connectivity index (χ1) is 7.83. The van der Waals surface area contributed by atoms with E-state index in [2.05, 4.69) is 17.6 Å². The van der Waals surface area contributed by atoms with Gasteiger partial charge in [-0.05, 0) is 18.9 Å². The Morgan fingerprint density at radius 1 is 1.19 bits per heavy atom. The van der Waals surface area contributed by atoms with Gasteiger partial charge in [-0.15, -0.1) is 0 Å². The van der Waals surface area contributed by atoms with E-state index in [0.717, 1.165) is 38.4 Å². The topological polar surface area (TPSA) is 41.1 Å². The van der Waals surface area contributed by atoms with E-state index >= 15 is 0 Å². The zero-order chi connectivity index (χ0) is 11.6. The molecule has 1 aliphatic rings. The largest absolute Gasteiger partial charge is 0.355 e. The number of hydrogen-bond donors (Lipinski definition) is 2. The summed E-state index contributed by atoms with van der Waals surface area (Å²) in [7, 11) is 0. The summed E-state index contributed by atoms with van der Waals surface area (Å²) in [6.07, 6.45) is 8.62. The second kappa shape index (κ2) is 8.57. The molecule has 0 saturated heterocycles. The van der Waals surface area contributed by atoms with Crippen molar-refractivity contribution in [1.29, 1.82) is 0 Å². The molecule has 1 fully saturated rings. The monoisotopic (exact) mass is 226 g/mol. The number of nitrogens with one attached hydrogen (secondary N) is 2. The molecule has 0 atom stereocenters. The first kappa shape index (κ1) is 13.5. The molecular formula is C13H26N2O. The summed E-state index contributed by atoms with van der Waals surface area (Å²) in [5, 5.41) is 6.15. The van der Waals surface area contributed by atoms with Crippen molar-refractivity contribution in [2.24, 2.45) is 5.92 Å². The molecule has 94 valence electrons. The molecule has 1 amide bonds. The van der Waals surface area contributed by atoms with Crippen LogP contribution in [0.2, 0.25) is 0 Å². The summed E-state index contributed by atoms with van der Waals surface area (Å²) >= 11 is 0. The van der Waals surface area contributed by atoms with Gasteiger partial charge in [0.15, 0.2) is 0 Å². The number of carbonyl (C=O) groups is 1. The molecule has 0 spiro atoms. The zero-order valence-corrected chi connectivity index (χ0v) is 10.6. The molecule has 0 aromatic carbocycles. The lowest BCUT2D eigenvalue weighted by atomic mass is 9.86. The molecule has 3 heteroatoms. The van der Waals surface area contributed by atoms with E-state index in [1.165, 1.54) is 32.1 Å². The number of rotatable bonds is 7. The summed E-state index contributed by atoms with van der Waals surface area (Å²) < 4.78 is 0. The van der Waals surface area contributed by atoms with E-state index in [1.807, 2.05) is 0 Å². The highest BCUT2D eigenvalue weighted by Crippen LogP contribution is 2.26. The van der Waals surface area contributed by atoms with E-state index < -0.39 is 0 Å². The lowest BCUT2D eigenvalue weighted by Crippen LogP contribution is -2.31. The van der Waals surface area contributed by atoms with Crippen LogP contribution in [-0.2, 0) is 4.79 Å². The van der Waals surface area contributed by atoms with Crippen molar-refractivity contribution in [1.82, 2.24) is 10.6 Å². The third-order valence-electron chi connectivity index (χ3n) is 3.38. The first-order valence-corrected chi connectivity index (χ1v) is 6.80. The van der Waals surface area contributed by atoms with Crippen molar-refractivity contribution in [3.05, 3.63) is 0 Å². The predicted octanol–water partition coefficient (Wildman–Crippen LogP) is 2.07. The molecule has 3 nitrogen and oxygen atoms in total. The summed E-state index contributed by atoms with van der Waals surface area (Å²) in [6, 6.07) is 0. The Morgan fingerprint density at radius 2 is 1.94 bits per heavy atom. The molecule has 0 unspecified atom stereocenters. The predicted molar refractivity (Wildman–Crippen MR) is 67.4 cm³/mol. The average molecular weight is 226 g/mol. The van der Waals surface area contributed by atoms with Gasteiger partial charge in [-0.25, -0.2) is 0 Å². The maximum atomic E-state index is 11.5. The fraction of sp³-hybridized carbons (Fsp3) is 0.923. The number of likely N-dealkylation sites (N-methyl/N-ethyl adjacent to an activating group) is 1. The third kappa shape index (κ3) is 6.11. The molecule has 0 bridgehead atoms. The molecule has 0 heterocycles. The fourth-order valence-electron chi connectivity index (χ4n) is 2.37. The van der Waals surface area contributed by atoms with Crippen molar-refractivity contribution in [3.8, 4) is 0 Å². The van der Waals surface area contributed by atoms with E-state index in [9.17, 15) is 4.79 Å². The van der Waals surface area contributed by atoms with Crippen molar-refractivity contribution in [2.75, 3.05) is 19.6 Å². The molecular weight excluding hydrogens is 200 g/mol. The van der Waals surface area contributed by atoms with Crippen LogP contribution < -0.4 is 10.6 Å². The van der Waals surface area contributed by atoms with Crippen LogP contribution in [0.3, 0.4) is 0 Å². The van der Waals surface area contributed by atoms with E-state index in [4.69, 9.17) is 0 Å². The van der Waals surface area contributed by atoms with E-state index in [-0.39, 0.29) is 5.91 Å². The molecule has 0 aromatic rings. The first-order valence-electron chi connectivity index (χ1n) is 6.80. The van der Waals surface area contributed by atoms with Crippen LogP contribution in [0.4, 0.5) is 0 Å². The quantitative estimate of drug-likeness (QED) is 0.653. The van der Waals surface area contributed by atoms with Gasteiger partial charge >= 0.3 is 0 Å². The average Bonchev–Trinajstić information content (AvgIpc) is 2.33. The van der Waals surface area contributed by atoms with Crippen LogP contribution in [0.1, 0.15) is 51.9 Å². The van der Waals surface area contributed by atoms with Gasteiger partial charge in [-0.2, -0.15) is 0 Å². The molecule has 0 radical (unpaired) electrons. The number of hydrogen-bond acceptors (Lipinski definition) is 2. The van der Waals surface area contributed by atoms with Gasteiger partial charge in [0, 0.05) is 19.5 Å². The second-order valence-electron chi connectivity index (χ2n) is 4.75. The van der Waals surface area contributed by atoms with Crippen molar-refractivity contribution in [3.63, 3.8) is 0 Å². The minimum atomic E-state index is 0.225. The van der Waals surface area contributed by atoms with Crippen molar-refractivity contribution >= 4 is 5.91 Å². The normalized spacial score (nSPS) is 17.3. The molecule has 1 rings (SSSR count). The molecule has 2 N–H and O–H groups in total. The lowest BCUT2D eigenvalue weighted by Gasteiger charge is -2.20. The van der Waals surface area contributed by atoms with Crippen LogP contribution in [0.25, 0.3) is 0 Å². The Labute approximate surface area is 99.4 Å². The Kier molecular flexibility index (Phi) is 7.23. The molecule has 0 aliphatic heterocycles. The van der Waals surface area contributed by atoms with Crippen LogP contribution in [0, 0.1) is 5.92 Å². The van der Waals surface area contributed by atoms with Gasteiger partial charge in [-0.1, -0.05) is 39.0 Å². The van der Waals surface area contributed by atoms with Gasteiger partial charge in [0.05, 0.1) is 0 Å². The maximum absolute atomic E-state index is 11.5. The SMILES string of the molecule is CCNCCNC(=O)CCC1CCCCC1. The number of carbonyl (C=O) groups excluding carboxylic acids is 1. The molecule has 16 heavy (non-hydrogen) atoms. The Morgan fingerprint density at radius 3 is 2.62 bits per heavy atom. The zero-order valence-electron chi connectivity index (χ0n) is 10.6. The maximum Gasteiger partial charge on any atom is 0.220 e. The highest BCUT2D eigenvalue weighted by Gasteiger charge is 2.14. The molecule has 0 aromatic heterocycles. The van der Waals surface area contributed by atoms with Gasteiger partial charge in [0.2, 0.25) is 5.91 Å². The highest BCUT2D eigenvalue weighted by molar-refractivity contribution is 5.75. The standard InChI is InChI=1S/C13H26N2O/c1-2-14-10-11-15-13(16)9-8-12-6-4-3-5-7-12/h12,14H,2-11H2,1H3,(H,15,16). The van der Waals surface area contributed by atoms with Gasteiger partial charge in [0.1, 0.15) is 0 Å². The smallest absolute Gasteiger partial charge is 0.220 e. The molecule has 1 saturated carbocycles. The lowest BCUT2D eigenvalue weighted by molar-refractivity contribution is -0.121. The highest BCUT2D eigenvalue weighted by atomic mass is 16.1. The van der Waals surface area contributed by atoms with Crippen molar-refractivity contribution in [2.45, 2.75) is 51.9 Å². The number of amides is 1.